The topological polar surface area (TPSA) is 52.6 Å². The molecule has 0 bridgehead atoms. The molecule has 0 atom stereocenters. The van der Waals surface area contributed by atoms with Crippen molar-refractivity contribution in [3.63, 3.8) is 0 Å². The molecule has 106 valence electrons. The lowest BCUT2D eigenvalue weighted by molar-refractivity contribution is 0.0647. The van der Waals surface area contributed by atoms with Crippen LogP contribution in [0.5, 0.6) is 0 Å². The molecule has 0 aliphatic rings. The molecule has 0 unspecified atom stereocenters. The number of terminal acetylenes is 2. The van der Waals surface area contributed by atoms with E-state index in [1.165, 1.54) is 6.07 Å². The second kappa shape index (κ2) is 6.78. The highest BCUT2D eigenvalue weighted by Gasteiger charge is 2.23. The number of benzene rings is 2. The van der Waals surface area contributed by atoms with E-state index in [0.29, 0.717) is 5.56 Å². The number of rotatable bonds is 3. The lowest BCUT2D eigenvalue weighted by Crippen LogP contribution is -2.13. The van der Waals surface area contributed by atoms with Gasteiger partial charge in [0.05, 0.1) is 11.1 Å². The normalized spacial score (nSPS) is 9.18. The fraction of sp³-hybridized carbons (Fsp3) is 0. The van der Waals surface area contributed by atoms with E-state index in [4.69, 9.17) is 12.8 Å². The average molecular weight is 290 g/mol. The van der Waals surface area contributed by atoms with Gasteiger partial charge < -0.3 is 9.47 Å². The van der Waals surface area contributed by atoms with Crippen LogP contribution in [0.1, 0.15) is 20.7 Å². The van der Waals surface area contributed by atoms with Crippen LogP contribution in [0.4, 0.5) is 0 Å². The zero-order chi connectivity index (χ0) is 15.9. The summed E-state index contributed by atoms with van der Waals surface area (Å²) in [7, 11) is 0. The number of ether oxygens (including phenoxy) is 2. The highest BCUT2D eigenvalue weighted by Crippen LogP contribution is 2.27. The summed E-state index contributed by atoms with van der Waals surface area (Å²) in [6, 6.07) is 13.7. The molecule has 0 aliphatic carbocycles. The van der Waals surface area contributed by atoms with E-state index in [0.717, 1.165) is 5.56 Å². The first-order chi connectivity index (χ1) is 10.7. The highest BCUT2D eigenvalue weighted by molar-refractivity contribution is 6.08. The number of carbonyl (C=O) groups excluding carboxylic acids is 2. The van der Waals surface area contributed by atoms with Crippen LogP contribution in [0.25, 0.3) is 11.1 Å². The number of hydrogen-bond donors (Lipinski definition) is 0. The maximum Gasteiger partial charge on any atom is 0.353 e. The summed E-state index contributed by atoms with van der Waals surface area (Å²) < 4.78 is 9.11. The van der Waals surface area contributed by atoms with Crippen molar-refractivity contribution < 1.29 is 19.1 Å². The Hall–Kier alpha value is -3.50. The summed E-state index contributed by atoms with van der Waals surface area (Å²) in [6.45, 7) is 0. The predicted octanol–water partition coefficient (Wildman–Crippen LogP) is 2.85. The van der Waals surface area contributed by atoms with Crippen molar-refractivity contribution >= 4 is 11.9 Å². The third-order valence-corrected chi connectivity index (χ3v) is 2.88. The molecule has 0 radical (unpaired) electrons. The largest absolute Gasteiger partial charge is 0.369 e. The van der Waals surface area contributed by atoms with Gasteiger partial charge in [-0.15, -0.1) is 0 Å². The fourth-order valence-electron chi connectivity index (χ4n) is 2.01. The molecule has 0 spiro atoms. The summed E-state index contributed by atoms with van der Waals surface area (Å²) in [5.74, 6) is -1.66. The molecule has 2 rings (SSSR count). The van der Waals surface area contributed by atoms with Gasteiger partial charge in [0.2, 0.25) is 0 Å². The molecule has 4 heteroatoms. The minimum absolute atomic E-state index is 0.00639. The molecule has 0 saturated heterocycles. The van der Waals surface area contributed by atoms with Crippen LogP contribution in [0.3, 0.4) is 0 Å². The molecule has 0 aromatic heterocycles. The minimum atomic E-state index is -0.829. The maximum absolute atomic E-state index is 12.1. The van der Waals surface area contributed by atoms with E-state index >= 15 is 0 Å². The Morgan fingerprint density at radius 3 is 2.09 bits per heavy atom. The maximum atomic E-state index is 12.1. The molecule has 22 heavy (non-hydrogen) atoms. The molecule has 0 saturated carbocycles. The van der Waals surface area contributed by atoms with E-state index in [1.54, 1.807) is 48.6 Å². The highest BCUT2D eigenvalue weighted by atomic mass is 16.5. The molecule has 0 amide bonds. The predicted molar refractivity (Wildman–Crippen MR) is 80.4 cm³/mol. The third kappa shape index (κ3) is 2.98. The van der Waals surface area contributed by atoms with Crippen LogP contribution in [0.15, 0.2) is 48.5 Å². The van der Waals surface area contributed by atoms with E-state index in [9.17, 15) is 9.59 Å². The van der Waals surface area contributed by atoms with Gasteiger partial charge in [-0.1, -0.05) is 55.3 Å². The second-order valence-electron chi connectivity index (χ2n) is 4.11. The van der Waals surface area contributed by atoms with Gasteiger partial charge in [0, 0.05) is 0 Å². The van der Waals surface area contributed by atoms with E-state index in [1.807, 2.05) is 6.07 Å². The van der Waals surface area contributed by atoms with E-state index < -0.39 is 11.9 Å². The molecule has 0 aliphatic heterocycles. The Morgan fingerprint density at radius 1 is 0.818 bits per heavy atom. The molecule has 4 nitrogen and oxygen atoms in total. The van der Waals surface area contributed by atoms with Gasteiger partial charge in [0.25, 0.3) is 0 Å². The molecule has 0 N–H and O–H groups in total. The Morgan fingerprint density at radius 2 is 1.45 bits per heavy atom. The van der Waals surface area contributed by atoms with Crippen LogP contribution in [0.2, 0.25) is 0 Å². The van der Waals surface area contributed by atoms with Gasteiger partial charge in [0.1, 0.15) is 12.2 Å². The SMILES string of the molecule is C#COC(=O)c1cccc(-c2ccccc2)c1C(=O)OC#C. The van der Waals surface area contributed by atoms with Crippen LogP contribution in [0, 0.1) is 25.1 Å². The van der Waals surface area contributed by atoms with Gasteiger partial charge in [-0.2, -0.15) is 0 Å². The third-order valence-electron chi connectivity index (χ3n) is 2.88. The van der Waals surface area contributed by atoms with Gasteiger partial charge in [-0.25, -0.2) is 9.59 Å². The molecule has 2 aromatic carbocycles. The Bertz CT molecular complexity index is 792. The van der Waals surface area contributed by atoms with Crippen molar-refractivity contribution in [3.05, 3.63) is 59.7 Å². The lowest BCUT2D eigenvalue weighted by Gasteiger charge is -2.11. The van der Waals surface area contributed by atoms with Crippen LogP contribution in [-0.4, -0.2) is 11.9 Å². The second-order valence-corrected chi connectivity index (χ2v) is 4.11. The number of esters is 2. The van der Waals surface area contributed by atoms with Crippen molar-refractivity contribution in [2.45, 2.75) is 0 Å². The Labute approximate surface area is 127 Å². The monoisotopic (exact) mass is 290 g/mol. The summed E-state index contributed by atoms with van der Waals surface area (Å²) in [4.78, 5) is 24.1. The van der Waals surface area contributed by atoms with Crippen LogP contribution >= 0.6 is 0 Å². The summed E-state index contributed by atoms with van der Waals surface area (Å²) in [5, 5.41) is 0. The van der Waals surface area contributed by atoms with Crippen molar-refractivity contribution in [2.75, 3.05) is 0 Å². The average Bonchev–Trinajstić information content (AvgIpc) is 2.55. The van der Waals surface area contributed by atoms with E-state index in [-0.39, 0.29) is 11.1 Å². The van der Waals surface area contributed by atoms with Crippen molar-refractivity contribution in [1.82, 2.24) is 0 Å². The molecular formula is C18H10O4. The molecule has 2 aromatic rings. The van der Waals surface area contributed by atoms with Gasteiger partial charge >= 0.3 is 11.9 Å². The van der Waals surface area contributed by atoms with Gasteiger partial charge in [-0.3, -0.25) is 0 Å². The number of carbonyl (C=O) groups is 2. The first kappa shape index (κ1) is 14.9. The zero-order valence-corrected chi connectivity index (χ0v) is 11.4. The first-order valence-corrected chi connectivity index (χ1v) is 6.21. The molecule has 0 heterocycles. The van der Waals surface area contributed by atoms with Crippen LogP contribution < -0.4 is 0 Å². The quantitative estimate of drug-likeness (QED) is 0.644. The Balaban J connectivity index is 2.67. The van der Waals surface area contributed by atoms with Crippen molar-refractivity contribution in [2.24, 2.45) is 0 Å². The zero-order valence-electron chi connectivity index (χ0n) is 11.4. The van der Waals surface area contributed by atoms with Gasteiger partial charge in [0.15, 0.2) is 0 Å². The first-order valence-electron chi connectivity index (χ1n) is 6.21. The molecular weight excluding hydrogens is 280 g/mol. The van der Waals surface area contributed by atoms with Gasteiger partial charge in [-0.05, 0) is 17.2 Å². The minimum Gasteiger partial charge on any atom is -0.369 e. The summed E-state index contributed by atoms with van der Waals surface area (Å²) in [5.41, 5.74) is 1.21. The fourth-order valence-corrected chi connectivity index (χ4v) is 2.01. The number of hydrogen-bond acceptors (Lipinski definition) is 4. The van der Waals surface area contributed by atoms with Crippen molar-refractivity contribution in [3.8, 4) is 36.2 Å². The van der Waals surface area contributed by atoms with Crippen molar-refractivity contribution in [1.29, 1.82) is 0 Å². The standard InChI is InChI=1S/C18H10O4/c1-3-21-17(19)15-12-8-11-14(13-9-6-5-7-10-13)16(15)18(20)22-4-2/h1-2,5-12H. The summed E-state index contributed by atoms with van der Waals surface area (Å²) >= 11 is 0. The molecule has 0 fully saturated rings. The Kier molecular flexibility index (Phi) is 4.59. The smallest absolute Gasteiger partial charge is 0.353 e. The summed E-state index contributed by atoms with van der Waals surface area (Å²) in [6.07, 6.45) is 13.5. The van der Waals surface area contributed by atoms with E-state index in [2.05, 4.69) is 9.47 Å². The lowest BCUT2D eigenvalue weighted by atomic mass is 9.95. The van der Waals surface area contributed by atoms with Crippen LogP contribution in [-0.2, 0) is 9.47 Å².